The van der Waals surface area contributed by atoms with E-state index in [1.807, 2.05) is 24.3 Å². The summed E-state index contributed by atoms with van der Waals surface area (Å²) in [5.41, 5.74) is 12.0. The predicted octanol–water partition coefficient (Wildman–Crippen LogP) is 2.34. The number of hydrogen-bond donors (Lipinski definition) is 2. The number of nitrogen functional groups attached to an aromatic ring is 1. The molecule has 0 bridgehead atoms. The Bertz CT molecular complexity index is 805. The van der Waals surface area contributed by atoms with Gasteiger partial charge in [0.2, 0.25) is 5.09 Å². The smallest absolute Gasteiger partial charge is 0.271 e. The van der Waals surface area contributed by atoms with E-state index in [9.17, 15) is 4.79 Å². The van der Waals surface area contributed by atoms with Gasteiger partial charge in [0.1, 0.15) is 12.1 Å². The van der Waals surface area contributed by atoms with Gasteiger partial charge < -0.3 is 25.5 Å². The predicted molar refractivity (Wildman–Crippen MR) is 94.1 cm³/mol. The number of anilines is 1. The molecule has 0 radical (unpaired) electrons. The van der Waals surface area contributed by atoms with E-state index >= 15 is 0 Å². The molecular weight excluding hydrogens is 431 g/mol. The normalized spacial score (nSPS) is 16.6. The van der Waals surface area contributed by atoms with E-state index in [1.54, 1.807) is 11.6 Å². The molecule has 0 fully saturated rings. The fourth-order valence-electron chi connectivity index (χ4n) is 1.98. The fraction of sp³-hybridized carbons (Fsp3) is 0.143. The third-order valence-electron chi connectivity index (χ3n) is 3.19. The molecule has 1 aliphatic heterocycles. The van der Waals surface area contributed by atoms with Crippen molar-refractivity contribution in [3.63, 3.8) is 0 Å². The standard InChI is InChI=1S/C14H13IN4O3S/c1-19-11(16)10(12(17)20)18-14(19)23-9-6-21-13(22-9)7-4-2-3-5-8(7)15/h2-6,13H,16H2,1H3,(H2,17,20). The second-order valence-corrected chi connectivity index (χ2v) is 6.83. The zero-order valence-electron chi connectivity index (χ0n) is 12.0. The molecule has 1 aromatic heterocycles. The second kappa shape index (κ2) is 6.32. The van der Waals surface area contributed by atoms with Gasteiger partial charge in [-0.15, -0.1) is 0 Å². The number of halogens is 1. The van der Waals surface area contributed by atoms with Gasteiger partial charge >= 0.3 is 0 Å². The maximum absolute atomic E-state index is 11.3. The van der Waals surface area contributed by atoms with Crippen molar-refractivity contribution in [2.75, 3.05) is 5.73 Å². The van der Waals surface area contributed by atoms with Crippen molar-refractivity contribution in [2.24, 2.45) is 12.8 Å². The van der Waals surface area contributed by atoms with E-state index in [-0.39, 0.29) is 11.5 Å². The van der Waals surface area contributed by atoms with E-state index in [4.69, 9.17) is 20.9 Å². The Hall–Kier alpha value is -1.88. The maximum Gasteiger partial charge on any atom is 0.271 e. The molecule has 0 aliphatic carbocycles. The van der Waals surface area contributed by atoms with Gasteiger partial charge in [0, 0.05) is 16.2 Å². The van der Waals surface area contributed by atoms with Crippen LogP contribution in [-0.4, -0.2) is 15.5 Å². The molecule has 0 saturated carbocycles. The Kier molecular flexibility index (Phi) is 4.39. The van der Waals surface area contributed by atoms with Gasteiger partial charge in [0.15, 0.2) is 10.9 Å². The molecule has 120 valence electrons. The van der Waals surface area contributed by atoms with Crippen LogP contribution in [0.3, 0.4) is 0 Å². The number of primary amides is 1. The number of amides is 1. The summed E-state index contributed by atoms with van der Waals surface area (Å²) in [7, 11) is 1.70. The van der Waals surface area contributed by atoms with E-state index in [0.29, 0.717) is 10.2 Å². The van der Waals surface area contributed by atoms with Gasteiger partial charge in [-0.2, -0.15) is 0 Å². The number of nitrogens with two attached hydrogens (primary N) is 2. The lowest BCUT2D eigenvalue weighted by Crippen LogP contribution is -2.14. The maximum atomic E-state index is 11.3. The molecule has 4 N–H and O–H groups in total. The highest BCUT2D eigenvalue weighted by Gasteiger charge is 2.26. The van der Waals surface area contributed by atoms with Crippen LogP contribution < -0.4 is 11.5 Å². The Morgan fingerprint density at radius 3 is 2.83 bits per heavy atom. The number of benzene rings is 1. The van der Waals surface area contributed by atoms with Crippen LogP contribution in [-0.2, 0) is 16.5 Å². The van der Waals surface area contributed by atoms with Crippen LogP contribution in [0.15, 0.2) is 40.8 Å². The largest absolute Gasteiger partial charge is 0.454 e. The number of carbonyl (C=O) groups excluding carboxylic acids is 1. The van der Waals surface area contributed by atoms with E-state index in [2.05, 4.69) is 27.6 Å². The molecule has 3 rings (SSSR count). The van der Waals surface area contributed by atoms with Crippen LogP contribution in [0.25, 0.3) is 0 Å². The Morgan fingerprint density at radius 2 is 2.17 bits per heavy atom. The molecule has 2 aromatic rings. The fourth-order valence-corrected chi connectivity index (χ4v) is 3.41. The molecule has 2 heterocycles. The van der Waals surface area contributed by atoms with Crippen molar-refractivity contribution in [3.05, 3.63) is 50.4 Å². The summed E-state index contributed by atoms with van der Waals surface area (Å²) in [6.07, 6.45) is 1.02. The van der Waals surface area contributed by atoms with Gasteiger partial charge in [-0.3, -0.25) is 4.79 Å². The van der Waals surface area contributed by atoms with Gasteiger partial charge in [-0.25, -0.2) is 4.98 Å². The van der Waals surface area contributed by atoms with Crippen molar-refractivity contribution in [3.8, 4) is 0 Å². The third-order valence-corrected chi connectivity index (χ3v) is 5.12. The van der Waals surface area contributed by atoms with Crippen LogP contribution in [0.4, 0.5) is 5.82 Å². The first kappa shape index (κ1) is 16.0. The molecule has 9 heteroatoms. The van der Waals surface area contributed by atoms with Crippen molar-refractivity contribution in [1.82, 2.24) is 9.55 Å². The number of imidazole rings is 1. The SMILES string of the molecule is Cn1c(SC2=COC(c3ccccc3I)O2)nc(C(N)=O)c1N. The molecule has 0 spiro atoms. The summed E-state index contributed by atoms with van der Waals surface area (Å²) < 4.78 is 14.0. The van der Waals surface area contributed by atoms with Crippen molar-refractivity contribution < 1.29 is 14.3 Å². The molecule has 1 atom stereocenters. The number of carbonyl (C=O) groups is 1. The van der Waals surface area contributed by atoms with Crippen LogP contribution >= 0.6 is 34.4 Å². The Morgan fingerprint density at radius 1 is 1.43 bits per heavy atom. The number of rotatable bonds is 4. The second-order valence-electron chi connectivity index (χ2n) is 4.70. The summed E-state index contributed by atoms with van der Waals surface area (Å²) in [6.45, 7) is 0. The summed E-state index contributed by atoms with van der Waals surface area (Å²) in [4.78, 5) is 15.4. The highest BCUT2D eigenvalue weighted by Crippen LogP contribution is 2.38. The molecule has 1 unspecified atom stereocenters. The zero-order chi connectivity index (χ0) is 16.6. The minimum absolute atomic E-state index is 0.0451. The van der Waals surface area contributed by atoms with Crippen LogP contribution in [0.2, 0.25) is 0 Å². The zero-order valence-corrected chi connectivity index (χ0v) is 15.0. The summed E-state index contributed by atoms with van der Waals surface area (Å²) in [6, 6.07) is 7.80. The van der Waals surface area contributed by atoms with Crippen LogP contribution in [0.1, 0.15) is 22.3 Å². The highest BCUT2D eigenvalue weighted by molar-refractivity contribution is 14.1. The molecular formula is C14H13IN4O3S. The van der Waals surface area contributed by atoms with Crippen LogP contribution in [0.5, 0.6) is 0 Å². The number of ether oxygens (including phenoxy) is 2. The molecule has 0 saturated heterocycles. The average Bonchev–Trinajstić information content (AvgIpc) is 3.08. The highest BCUT2D eigenvalue weighted by atomic mass is 127. The quantitative estimate of drug-likeness (QED) is 0.702. The van der Waals surface area contributed by atoms with Crippen molar-refractivity contribution in [2.45, 2.75) is 11.4 Å². The number of thioether (sulfide) groups is 1. The topological polar surface area (TPSA) is 105 Å². The molecule has 1 aromatic carbocycles. The lowest BCUT2D eigenvalue weighted by Gasteiger charge is -2.13. The van der Waals surface area contributed by atoms with E-state index in [0.717, 1.165) is 9.13 Å². The minimum Gasteiger partial charge on any atom is -0.454 e. The average molecular weight is 444 g/mol. The van der Waals surface area contributed by atoms with Gasteiger partial charge in [-0.1, -0.05) is 18.2 Å². The first-order valence-electron chi connectivity index (χ1n) is 6.54. The monoisotopic (exact) mass is 444 g/mol. The minimum atomic E-state index is -0.667. The van der Waals surface area contributed by atoms with Gasteiger partial charge in [-0.05, 0) is 40.4 Å². The van der Waals surface area contributed by atoms with E-state index < -0.39 is 12.2 Å². The third kappa shape index (κ3) is 3.11. The van der Waals surface area contributed by atoms with Gasteiger partial charge in [0.25, 0.3) is 12.2 Å². The van der Waals surface area contributed by atoms with Gasteiger partial charge in [0.05, 0.1) is 0 Å². The Balaban J connectivity index is 1.75. The summed E-state index contributed by atoms with van der Waals surface area (Å²) in [5.74, 6) is -0.451. The van der Waals surface area contributed by atoms with E-state index in [1.165, 1.54) is 18.0 Å². The summed E-state index contributed by atoms with van der Waals surface area (Å²) >= 11 is 3.44. The first-order chi connectivity index (χ1) is 11.0. The first-order valence-corrected chi connectivity index (χ1v) is 8.43. The van der Waals surface area contributed by atoms with Crippen LogP contribution in [0, 0.1) is 3.57 Å². The molecule has 7 nitrogen and oxygen atoms in total. The number of hydrogen-bond acceptors (Lipinski definition) is 6. The molecule has 23 heavy (non-hydrogen) atoms. The van der Waals surface area contributed by atoms with Crippen molar-refractivity contribution >= 4 is 46.1 Å². The number of aromatic nitrogens is 2. The lowest BCUT2D eigenvalue weighted by atomic mass is 10.2. The lowest BCUT2D eigenvalue weighted by molar-refractivity contribution is -0.0279. The summed E-state index contributed by atoms with van der Waals surface area (Å²) in [5, 5.41) is 1.02. The number of nitrogens with zero attached hydrogens (tertiary/aromatic N) is 2. The molecule has 1 aliphatic rings. The Labute approximate surface area is 150 Å². The van der Waals surface area contributed by atoms with Crippen molar-refractivity contribution in [1.29, 1.82) is 0 Å². The molecule has 1 amide bonds.